The van der Waals surface area contributed by atoms with E-state index in [1.54, 1.807) is 6.20 Å². The largest absolute Gasteiger partial charge is 0.305 e. The lowest BCUT2D eigenvalue weighted by Crippen LogP contribution is -2.41. The van der Waals surface area contributed by atoms with Gasteiger partial charge in [0.15, 0.2) is 5.78 Å². The van der Waals surface area contributed by atoms with Crippen molar-refractivity contribution in [3.63, 3.8) is 0 Å². The van der Waals surface area contributed by atoms with Gasteiger partial charge in [-0.25, -0.2) is 0 Å². The average Bonchev–Trinajstić information content (AvgIpc) is 2.34. The Morgan fingerprint density at radius 3 is 3.00 bits per heavy atom. The molecule has 1 aliphatic carbocycles. The van der Waals surface area contributed by atoms with E-state index in [9.17, 15) is 4.79 Å². The zero-order valence-electron chi connectivity index (χ0n) is 11.5. The van der Waals surface area contributed by atoms with Crippen molar-refractivity contribution in [3.8, 4) is 0 Å². The minimum absolute atomic E-state index is 0.00944. The van der Waals surface area contributed by atoms with Gasteiger partial charge in [0.05, 0.1) is 18.2 Å². The summed E-state index contributed by atoms with van der Waals surface area (Å²) < 4.78 is 0. The van der Waals surface area contributed by atoms with Crippen LogP contribution in [0.25, 0.3) is 0 Å². The maximum Gasteiger partial charge on any atom is 0.155 e. The summed E-state index contributed by atoms with van der Waals surface area (Å²) in [6.45, 7) is 6.66. The number of ketones is 1. The molecule has 0 saturated carbocycles. The summed E-state index contributed by atoms with van der Waals surface area (Å²) in [5, 5.41) is 3.27. The number of rotatable bonds is 3. The number of nitrogens with one attached hydrogen (secondary N) is 1. The SMILES string of the molecule is CC(C)(C)NCC(=O)C1CCCc2cccnc21. The molecule has 1 aliphatic rings. The van der Waals surface area contributed by atoms with E-state index in [1.165, 1.54) is 5.56 Å². The number of nitrogens with zero attached hydrogens (tertiary/aromatic N) is 1. The number of aryl methyl sites for hydroxylation is 1. The molecule has 1 aromatic rings. The zero-order chi connectivity index (χ0) is 13.2. The Hall–Kier alpha value is -1.22. The van der Waals surface area contributed by atoms with Crippen LogP contribution in [0.5, 0.6) is 0 Å². The molecule has 0 spiro atoms. The third-order valence-electron chi connectivity index (χ3n) is 3.38. The van der Waals surface area contributed by atoms with Crippen LogP contribution in [0.2, 0.25) is 0 Å². The van der Waals surface area contributed by atoms with Crippen molar-refractivity contribution < 1.29 is 4.79 Å². The molecule has 3 heteroatoms. The van der Waals surface area contributed by atoms with Gasteiger partial charge in [0.1, 0.15) is 0 Å². The second-order valence-corrected chi connectivity index (χ2v) is 6.06. The Bertz CT molecular complexity index is 434. The Morgan fingerprint density at radius 1 is 1.50 bits per heavy atom. The molecule has 1 unspecified atom stereocenters. The highest BCUT2D eigenvalue weighted by molar-refractivity contribution is 5.87. The number of aromatic nitrogens is 1. The van der Waals surface area contributed by atoms with E-state index in [4.69, 9.17) is 0 Å². The zero-order valence-corrected chi connectivity index (χ0v) is 11.5. The van der Waals surface area contributed by atoms with E-state index >= 15 is 0 Å². The first-order chi connectivity index (χ1) is 8.47. The quantitative estimate of drug-likeness (QED) is 0.890. The standard InChI is InChI=1S/C15H22N2O/c1-15(2,3)17-10-13(18)12-8-4-6-11-7-5-9-16-14(11)12/h5,7,9,12,17H,4,6,8,10H2,1-3H3. The first kappa shape index (κ1) is 13.2. The molecule has 1 N–H and O–H groups in total. The van der Waals surface area contributed by atoms with Crippen LogP contribution in [0, 0.1) is 0 Å². The number of carbonyl (C=O) groups is 1. The first-order valence-electron chi connectivity index (χ1n) is 6.69. The fraction of sp³-hybridized carbons (Fsp3) is 0.600. The Morgan fingerprint density at radius 2 is 2.28 bits per heavy atom. The molecule has 1 heterocycles. The third kappa shape index (κ3) is 3.16. The maximum atomic E-state index is 12.3. The van der Waals surface area contributed by atoms with Crippen molar-refractivity contribution in [2.45, 2.75) is 51.5 Å². The molecule has 0 aliphatic heterocycles. The molecule has 0 bridgehead atoms. The Labute approximate surface area is 109 Å². The topological polar surface area (TPSA) is 42.0 Å². The molecule has 0 fully saturated rings. The minimum Gasteiger partial charge on any atom is -0.305 e. The molecule has 0 radical (unpaired) electrons. The number of Topliss-reactive ketones (excluding diaryl/α,β-unsaturated/α-hetero) is 1. The van der Waals surface area contributed by atoms with Crippen molar-refractivity contribution in [1.82, 2.24) is 10.3 Å². The lowest BCUT2D eigenvalue weighted by Gasteiger charge is -2.25. The molecular formula is C15H22N2O. The van der Waals surface area contributed by atoms with Crippen molar-refractivity contribution in [2.24, 2.45) is 0 Å². The van der Waals surface area contributed by atoms with Gasteiger partial charge in [-0.1, -0.05) is 6.07 Å². The second-order valence-electron chi connectivity index (χ2n) is 6.06. The van der Waals surface area contributed by atoms with Crippen LogP contribution in [-0.4, -0.2) is 22.9 Å². The van der Waals surface area contributed by atoms with E-state index in [0.717, 1.165) is 25.0 Å². The molecule has 0 saturated heterocycles. The lowest BCUT2D eigenvalue weighted by molar-refractivity contribution is -0.120. The summed E-state index contributed by atoms with van der Waals surface area (Å²) in [6.07, 6.45) is 4.88. The Balaban J connectivity index is 2.08. The van der Waals surface area contributed by atoms with Crippen LogP contribution in [0.3, 0.4) is 0 Å². The molecule has 1 aromatic heterocycles. The number of carbonyl (C=O) groups excluding carboxylic acids is 1. The molecule has 98 valence electrons. The summed E-state index contributed by atoms with van der Waals surface area (Å²) in [4.78, 5) is 16.7. The van der Waals surface area contributed by atoms with Gasteiger partial charge in [0.2, 0.25) is 0 Å². The molecule has 0 amide bonds. The van der Waals surface area contributed by atoms with Crippen LogP contribution in [0.15, 0.2) is 18.3 Å². The van der Waals surface area contributed by atoms with Crippen molar-refractivity contribution in [2.75, 3.05) is 6.54 Å². The summed E-state index contributed by atoms with van der Waals surface area (Å²) in [5.41, 5.74) is 2.24. The van der Waals surface area contributed by atoms with Crippen molar-refractivity contribution in [1.29, 1.82) is 0 Å². The fourth-order valence-corrected chi connectivity index (χ4v) is 2.40. The molecule has 2 rings (SSSR count). The monoisotopic (exact) mass is 246 g/mol. The molecular weight excluding hydrogens is 224 g/mol. The first-order valence-corrected chi connectivity index (χ1v) is 6.69. The normalized spacial score (nSPS) is 19.4. The Kier molecular flexibility index (Phi) is 3.81. The number of hydrogen-bond donors (Lipinski definition) is 1. The van der Waals surface area contributed by atoms with E-state index in [-0.39, 0.29) is 17.2 Å². The van der Waals surface area contributed by atoms with Crippen molar-refractivity contribution in [3.05, 3.63) is 29.6 Å². The van der Waals surface area contributed by atoms with Gasteiger partial charge >= 0.3 is 0 Å². The highest BCUT2D eigenvalue weighted by Gasteiger charge is 2.27. The van der Waals surface area contributed by atoms with Gasteiger partial charge < -0.3 is 5.32 Å². The van der Waals surface area contributed by atoms with Gasteiger partial charge in [-0.15, -0.1) is 0 Å². The molecule has 0 aromatic carbocycles. The van der Waals surface area contributed by atoms with E-state index in [2.05, 4.69) is 37.1 Å². The average molecular weight is 246 g/mol. The van der Waals surface area contributed by atoms with Crippen molar-refractivity contribution >= 4 is 5.78 Å². The van der Waals surface area contributed by atoms with E-state index in [0.29, 0.717) is 6.54 Å². The van der Waals surface area contributed by atoms with Crippen LogP contribution in [0.4, 0.5) is 0 Å². The molecule has 1 atom stereocenters. The summed E-state index contributed by atoms with van der Waals surface area (Å²) in [7, 11) is 0. The van der Waals surface area contributed by atoms with E-state index < -0.39 is 0 Å². The van der Waals surface area contributed by atoms with Gasteiger partial charge in [-0.05, 0) is 51.7 Å². The van der Waals surface area contributed by atoms with Crippen LogP contribution < -0.4 is 5.32 Å². The van der Waals surface area contributed by atoms with Crippen LogP contribution in [0.1, 0.15) is 50.8 Å². The minimum atomic E-state index is -0.0166. The van der Waals surface area contributed by atoms with Crippen LogP contribution in [-0.2, 0) is 11.2 Å². The smallest absolute Gasteiger partial charge is 0.155 e. The molecule has 3 nitrogen and oxygen atoms in total. The number of pyridine rings is 1. The summed E-state index contributed by atoms with van der Waals surface area (Å²) in [6, 6.07) is 4.05. The second kappa shape index (κ2) is 5.19. The van der Waals surface area contributed by atoms with Crippen LogP contribution >= 0.6 is 0 Å². The number of hydrogen-bond acceptors (Lipinski definition) is 3. The molecule has 18 heavy (non-hydrogen) atoms. The summed E-state index contributed by atoms with van der Waals surface area (Å²) >= 11 is 0. The number of fused-ring (bicyclic) bond motifs is 1. The van der Waals surface area contributed by atoms with Gasteiger partial charge in [-0.2, -0.15) is 0 Å². The van der Waals surface area contributed by atoms with Gasteiger partial charge in [-0.3, -0.25) is 9.78 Å². The fourth-order valence-electron chi connectivity index (χ4n) is 2.40. The maximum absolute atomic E-state index is 12.3. The summed E-state index contributed by atoms with van der Waals surface area (Å²) in [5.74, 6) is 0.259. The highest BCUT2D eigenvalue weighted by atomic mass is 16.1. The third-order valence-corrected chi connectivity index (χ3v) is 3.38. The lowest BCUT2D eigenvalue weighted by atomic mass is 9.84. The van der Waals surface area contributed by atoms with Gasteiger partial charge in [0.25, 0.3) is 0 Å². The predicted molar refractivity (Wildman–Crippen MR) is 72.7 cm³/mol. The highest BCUT2D eigenvalue weighted by Crippen LogP contribution is 2.30. The van der Waals surface area contributed by atoms with Gasteiger partial charge in [0, 0.05) is 11.7 Å². The predicted octanol–water partition coefficient (Wildman–Crippen LogP) is 2.46. The van der Waals surface area contributed by atoms with E-state index in [1.807, 2.05) is 6.07 Å².